The molecule has 0 fully saturated rings. The van der Waals surface area contributed by atoms with Crippen LogP contribution in [0.3, 0.4) is 0 Å². The molecule has 5 heteroatoms. The molecule has 0 spiro atoms. The fraction of sp³-hybridized carbons (Fsp3) is 0.200. The average molecular weight is 292 g/mol. The molecule has 2 aromatic rings. The lowest BCUT2D eigenvalue weighted by Gasteiger charge is -2.12. The van der Waals surface area contributed by atoms with Crippen LogP contribution in [0.4, 0.5) is 0 Å². The number of hydrogen-bond acceptors (Lipinski definition) is 3. The van der Waals surface area contributed by atoms with Crippen LogP contribution in [0, 0.1) is 13.8 Å². The van der Waals surface area contributed by atoms with Gasteiger partial charge >= 0.3 is 5.97 Å². The van der Waals surface area contributed by atoms with Crippen LogP contribution < -0.4 is 4.74 Å². The summed E-state index contributed by atoms with van der Waals surface area (Å²) < 4.78 is 5.76. The number of carboxylic acid groups (broad SMARTS) is 1. The number of aromatic carboxylic acids is 1. The van der Waals surface area contributed by atoms with E-state index in [9.17, 15) is 4.79 Å². The standard InChI is InChI=1S/C15H14ClNO3/c1-9-5-12(16)6-10(2)14(9)20-8-11-3-4-17-13(7-11)15(18)19/h3-7H,8H2,1-2H3,(H,18,19). The van der Waals surface area contributed by atoms with Crippen LogP contribution in [0.25, 0.3) is 0 Å². The molecule has 1 N–H and O–H groups in total. The molecule has 0 aliphatic rings. The quantitative estimate of drug-likeness (QED) is 0.934. The monoisotopic (exact) mass is 291 g/mol. The SMILES string of the molecule is Cc1cc(Cl)cc(C)c1OCc1ccnc(C(=O)O)c1. The summed E-state index contributed by atoms with van der Waals surface area (Å²) in [4.78, 5) is 14.6. The maximum Gasteiger partial charge on any atom is 0.354 e. The zero-order chi connectivity index (χ0) is 14.7. The largest absolute Gasteiger partial charge is 0.488 e. The number of nitrogens with zero attached hydrogens (tertiary/aromatic N) is 1. The molecule has 0 radical (unpaired) electrons. The Morgan fingerprint density at radius 3 is 2.55 bits per heavy atom. The first-order chi connectivity index (χ1) is 9.47. The Balaban J connectivity index is 2.17. The van der Waals surface area contributed by atoms with Gasteiger partial charge in [0.25, 0.3) is 0 Å². The lowest BCUT2D eigenvalue weighted by molar-refractivity contribution is 0.0690. The van der Waals surface area contributed by atoms with Crippen molar-refractivity contribution in [3.63, 3.8) is 0 Å². The van der Waals surface area contributed by atoms with Gasteiger partial charge < -0.3 is 9.84 Å². The Hall–Kier alpha value is -2.07. The second kappa shape index (κ2) is 5.92. The molecule has 0 aliphatic heterocycles. The molecular formula is C15H14ClNO3. The topological polar surface area (TPSA) is 59.4 Å². The Kier molecular flexibility index (Phi) is 4.25. The van der Waals surface area contributed by atoms with Crippen molar-refractivity contribution in [3.8, 4) is 5.75 Å². The summed E-state index contributed by atoms with van der Waals surface area (Å²) in [7, 11) is 0. The molecule has 104 valence electrons. The number of ether oxygens (including phenoxy) is 1. The molecule has 0 aliphatic carbocycles. The highest BCUT2D eigenvalue weighted by Crippen LogP contribution is 2.27. The van der Waals surface area contributed by atoms with Gasteiger partial charge in [-0.1, -0.05) is 11.6 Å². The second-order valence-electron chi connectivity index (χ2n) is 4.51. The lowest BCUT2D eigenvalue weighted by atomic mass is 10.1. The molecule has 20 heavy (non-hydrogen) atoms. The third kappa shape index (κ3) is 3.27. The normalized spacial score (nSPS) is 10.3. The third-order valence-corrected chi connectivity index (χ3v) is 3.07. The van der Waals surface area contributed by atoms with Crippen molar-refractivity contribution in [3.05, 3.63) is 57.9 Å². The van der Waals surface area contributed by atoms with Gasteiger partial charge in [-0.25, -0.2) is 9.78 Å². The number of halogens is 1. The number of pyridine rings is 1. The van der Waals surface area contributed by atoms with E-state index in [4.69, 9.17) is 21.4 Å². The van der Waals surface area contributed by atoms with Crippen molar-refractivity contribution in [2.75, 3.05) is 0 Å². The van der Waals surface area contributed by atoms with Crippen molar-refractivity contribution >= 4 is 17.6 Å². The molecular weight excluding hydrogens is 278 g/mol. The Labute approximate surface area is 122 Å². The van der Waals surface area contributed by atoms with Gasteiger partial charge in [0.05, 0.1) is 0 Å². The highest BCUT2D eigenvalue weighted by molar-refractivity contribution is 6.30. The van der Waals surface area contributed by atoms with Crippen molar-refractivity contribution in [2.24, 2.45) is 0 Å². The first kappa shape index (κ1) is 14.3. The Morgan fingerprint density at radius 2 is 1.95 bits per heavy atom. The number of benzene rings is 1. The zero-order valence-corrected chi connectivity index (χ0v) is 11.9. The van der Waals surface area contributed by atoms with Gasteiger partial charge in [0.1, 0.15) is 18.1 Å². The van der Waals surface area contributed by atoms with Gasteiger partial charge in [0.15, 0.2) is 0 Å². The summed E-state index contributed by atoms with van der Waals surface area (Å²) in [6, 6.07) is 6.90. The van der Waals surface area contributed by atoms with E-state index in [1.807, 2.05) is 26.0 Å². The van der Waals surface area contributed by atoms with Crippen LogP contribution in [0.5, 0.6) is 5.75 Å². The third-order valence-electron chi connectivity index (χ3n) is 2.85. The van der Waals surface area contributed by atoms with Crippen LogP contribution >= 0.6 is 11.6 Å². The minimum absolute atomic E-state index is 0.00986. The van der Waals surface area contributed by atoms with Crippen molar-refractivity contribution in [1.82, 2.24) is 4.98 Å². The van der Waals surface area contributed by atoms with E-state index in [0.717, 1.165) is 22.4 Å². The van der Waals surface area contributed by atoms with Crippen LogP contribution in [-0.2, 0) is 6.61 Å². The number of aryl methyl sites for hydroxylation is 2. The van der Waals surface area contributed by atoms with Gasteiger partial charge in [0.2, 0.25) is 0 Å². The zero-order valence-electron chi connectivity index (χ0n) is 11.2. The first-order valence-corrected chi connectivity index (χ1v) is 6.43. The number of carbonyl (C=O) groups is 1. The lowest BCUT2D eigenvalue weighted by Crippen LogP contribution is -2.04. The molecule has 4 nitrogen and oxygen atoms in total. The predicted octanol–water partition coefficient (Wildman–Crippen LogP) is 3.63. The molecule has 0 saturated heterocycles. The number of hydrogen-bond donors (Lipinski definition) is 1. The maximum atomic E-state index is 10.9. The fourth-order valence-corrected chi connectivity index (χ4v) is 2.29. The Morgan fingerprint density at radius 1 is 1.30 bits per heavy atom. The van der Waals surface area contributed by atoms with E-state index in [2.05, 4.69) is 4.98 Å². The van der Waals surface area contributed by atoms with E-state index in [0.29, 0.717) is 5.02 Å². The van der Waals surface area contributed by atoms with Crippen LogP contribution in [0.2, 0.25) is 5.02 Å². The van der Waals surface area contributed by atoms with Crippen LogP contribution in [-0.4, -0.2) is 16.1 Å². The second-order valence-corrected chi connectivity index (χ2v) is 4.95. The highest BCUT2D eigenvalue weighted by atomic mass is 35.5. The minimum atomic E-state index is -1.05. The van der Waals surface area contributed by atoms with Gasteiger partial charge in [-0.3, -0.25) is 0 Å². The fourth-order valence-electron chi connectivity index (χ4n) is 1.96. The minimum Gasteiger partial charge on any atom is -0.488 e. The van der Waals surface area contributed by atoms with Crippen LogP contribution in [0.1, 0.15) is 27.2 Å². The Bertz CT molecular complexity index is 632. The summed E-state index contributed by atoms with van der Waals surface area (Å²) in [5, 5.41) is 9.57. The molecule has 0 saturated carbocycles. The summed E-state index contributed by atoms with van der Waals surface area (Å²) >= 11 is 5.97. The van der Waals surface area contributed by atoms with Crippen molar-refractivity contribution in [1.29, 1.82) is 0 Å². The van der Waals surface area contributed by atoms with E-state index in [-0.39, 0.29) is 12.3 Å². The molecule has 0 bridgehead atoms. The molecule has 0 amide bonds. The predicted molar refractivity (Wildman–Crippen MR) is 76.5 cm³/mol. The van der Waals surface area contributed by atoms with E-state index >= 15 is 0 Å². The summed E-state index contributed by atoms with van der Waals surface area (Å²) in [5.74, 6) is -0.284. The number of rotatable bonds is 4. The van der Waals surface area contributed by atoms with Crippen molar-refractivity contribution < 1.29 is 14.6 Å². The molecule has 1 aromatic heterocycles. The molecule has 0 atom stereocenters. The van der Waals surface area contributed by atoms with E-state index in [1.54, 1.807) is 6.07 Å². The summed E-state index contributed by atoms with van der Waals surface area (Å²) in [6.07, 6.45) is 1.46. The van der Waals surface area contributed by atoms with Gasteiger partial charge in [-0.15, -0.1) is 0 Å². The van der Waals surface area contributed by atoms with Gasteiger partial charge in [0, 0.05) is 11.2 Å². The summed E-state index contributed by atoms with van der Waals surface area (Å²) in [6.45, 7) is 4.12. The molecule has 1 heterocycles. The first-order valence-electron chi connectivity index (χ1n) is 6.05. The van der Waals surface area contributed by atoms with Crippen molar-refractivity contribution in [2.45, 2.75) is 20.5 Å². The van der Waals surface area contributed by atoms with Gasteiger partial charge in [-0.2, -0.15) is 0 Å². The smallest absolute Gasteiger partial charge is 0.354 e. The number of carboxylic acids is 1. The van der Waals surface area contributed by atoms with Crippen LogP contribution in [0.15, 0.2) is 30.5 Å². The highest BCUT2D eigenvalue weighted by Gasteiger charge is 2.08. The van der Waals surface area contributed by atoms with E-state index in [1.165, 1.54) is 12.3 Å². The molecule has 1 aromatic carbocycles. The van der Waals surface area contributed by atoms with Gasteiger partial charge in [-0.05, 0) is 54.8 Å². The van der Waals surface area contributed by atoms with E-state index < -0.39 is 5.97 Å². The number of aromatic nitrogens is 1. The summed E-state index contributed by atoms with van der Waals surface area (Å²) in [5.41, 5.74) is 2.66. The average Bonchev–Trinajstić information content (AvgIpc) is 2.37. The maximum absolute atomic E-state index is 10.9. The molecule has 2 rings (SSSR count). The molecule has 0 unspecified atom stereocenters.